The lowest BCUT2D eigenvalue weighted by Crippen LogP contribution is -1.92. The van der Waals surface area contributed by atoms with E-state index in [-0.39, 0.29) is 0 Å². The van der Waals surface area contributed by atoms with Crippen LogP contribution in [0.15, 0.2) is 28.9 Å². The molecule has 0 saturated carbocycles. The SMILES string of the molecule is CC.CCc1oc(-c2ccncc2)nc1C(C)C. The fraction of sp³-hybridized carbons (Fsp3) is 0.467. The Bertz CT molecular complexity index is 461. The zero-order chi connectivity index (χ0) is 13.5. The van der Waals surface area contributed by atoms with E-state index in [9.17, 15) is 0 Å². The van der Waals surface area contributed by atoms with E-state index in [0.29, 0.717) is 11.8 Å². The van der Waals surface area contributed by atoms with Gasteiger partial charge in [0.1, 0.15) is 5.76 Å². The van der Waals surface area contributed by atoms with Crippen molar-refractivity contribution in [1.82, 2.24) is 9.97 Å². The number of hydrogen-bond donors (Lipinski definition) is 0. The van der Waals surface area contributed by atoms with Gasteiger partial charge in [-0.05, 0) is 18.1 Å². The summed E-state index contributed by atoms with van der Waals surface area (Å²) in [7, 11) is 0. The molecule has 0 aliphatic heterocycles. The molecule has 0 fully saturated rings. The molecule has 0 aliphatic rings. The lowest BCUT2D eigenvalue weighted by Gasteiger charge is -1.99. The number of aryl methyl sites for hydroxylation is 1. The minimum absolute atomic E-state index is 0.397. The van der Waals surface area contributed by atoms with E-state index in [1.165, 1.54) is 0 Å². The molecule has 0 bridgehead atoms. The molecule has 98 valence electrons. The zero-order valence-corrected chi connectivity index (χ0v) is 11.9. The summed E-state index contributed by atoms with van der Waals surface area (Å²) < 4.78 is 5.77. The first-order valence-corrected chi connectivity index (χ1v) is 6.62. The van der Waals surface area contributed by atoms with Gasteiger partial charge in [0, 0.05) is 24.4 Å². The Morgan fingerprint density at radius 3 is 2.22 bits per heavy atom. The molecule has 2 heterocycles. The first kappa shape index (κ1) is 14.4. The Morgan fingerprint density at radius 2 is 1.78 bits per heavy atom. The van der Waals surface area contributed by atoms with Crippen molar-refractivity contribution in [2.45, 2.75) is 47.0 Å². The van der Waals surface area contributed by atoms with Crippen LogP contribution >= 0.6 is 0 Å². The van der Waals surface area contributed by atoms with E-state index in [4.69, 9.17) is 4.42 Å². The fourth-order valence-corrected chi connectivity index (χ4v) is 1.69. The van der Waals surface area contributed by atoms with Crippen LogP contribution in [0.25, 0.3) is 11.5 Å². The second-order valence-electron chi connectivity index (χ2n) is 4.07. The molecule has 0 saturated heterocycles. The summed E-state index contributed by atoms with van der Waals surface area (Å²) >= 11 is 0. The minimum Gasteiger partial charge on any atom is -0.441 e. The number of rotatable bonds is 3. The van der Waals surface area contributed by atoms with Crippen LogP contribution in [0.4, 0.5) is 0 Å². The molecule has 0 N–H and O–H groups in total. The average Bonchev–Trinajstić information content (AvgIpc) is 2.86. The van der Waals surface area contributed by atoms with Crippen LogP contribution in [0.1, 0.15) is 52.0 Å². The standard InChI is InChI=1S/C13H16N2O.C2H6/c1-4-11-12(9(2)3)15-13(16-11)10-5-7-14-8-6-10;1-2/h5-9H,4H2,1-3H3;1-2H3. The Morgan fingerprint density at radius 1 is 1.17 bits per heavy atom. The van der Waals surface area contributed by atoms with Gasteiger partial charge in [-0.15, -0.1) is 0 Å². The molecule has 0 unspecified atom stereocenters. The fourth-order valence-electron chi connectivity index (χ4n) is 1.69. The normalized spacial score (nSPS) is 10.1. The molecule has 0 amide bonds. The maximum atomic E-state index is 5.77. The van der Waals surface area contributed by atoms with Crippen LogP contribution in [-0.2, 0) is 6.42 Å². The van der Waals surface area contributed by atoms with Crippen molar-refractivity contribution in [3.8, 4) is 11.5 Å². The van der Waals surface area contributed by atoms with Crippen LogP contribution in [0.3, 0.4) is 0 Å². The van der Waals surface area contributed by atoms with Gasteiger partial charge in [-0.3, -0.25) is 4.98 Å². The highest BCUT2D eigenvalue weighted by molar-refractivity contribution is 5.52. The number of oxazole rings is 1. The third kappa shape index (κ3) is 3.19. The average molecular weight is 246 g/mol. The smallest absolute Gasteiger partial charge is 0.226 e. The van der Waals surface area contributed by atoms with E-state index in [1.54, 1.807) is 12.4 Å². The Hall–Kier alpha value is -1.64. The molecule has 0 atom stereocenters. The molecule has 3 nitrogen and oxygen atoms in total. The third-order valence-electron chi connectivity index (χ3n) is 2.52. The van der Waals surface area contributed by atoms with Gasteiger partial charge >= 0.3 is 0 Å². The van der Waals surface area contributed by atoms with Gasteiger partial charge in [0.2, 0.25) is 5.89 Å². The first-order chi connectivity index (χ1) is 8.72. The number of hydrogen-bond acceptors (Lipinski definition) is 3. The third-order valence-corrected chi connectivity index (χ3v) is 2.52. The summed E-state index contributed by atoms with van der Waals surface area (Å²) in [6.07, 6.45) is 4.38. The van der Waals surface area contributed by atoms with Gasteiger partial charge in [-0.2, -0.15) is 0 Å². The molecular formula is C15H22N2O. The Labute approximate surface area is 109 Å². The second-order valence-corrected chi connectivity index (χ2v) is 4.07. The minimum atomic E-state index is 0.397. The molecule has 2 rings (SSSR count). The first-order valence-electron chi connectivity index (χ1n) is 6.62. The highest BCUT2D eigenvalue weighted by Crippen LogP contribution is 2.26. The Kier molecular flexibility index (Phi) is 5.56. The van der Waals surface area contributed by atoms with Crippen molar-refractivity contribution in [3.05, 3.63) is 36.0 Å². The van der Waals surface area contributed by atoms with Crippen LogP contribution in [0.5, 0.6) is 0 Å². The van der Waals surface area contributed by atoms with Crippen LogP contribution in [0.2, 0.25) is 0 Å². The number of pyridine rings is 1. The highest BCUT2D eigenvalue weighted by Gasteiger charge is 2.15. The number of nitrogens with zero attached hydrogens (tertiary/aromatic N) is 2. The summed E-state index contributed by atoms with van der Waals surface area (Å²) in [4.78, 5) is 8.54. The monoisotopic (exact) mass is 246 g/mol. The van der Waals surface area contributed by atoms with Gasteiger partial charge in [0.05, 0.1) is 5.69 Å². The molecule has 0 aromatic carbocycles. The van der Waals surface area contributed by atoms with Gasteiger partial charge in [0.15, 0.2) is 0 Å². The molecule has 2 aromatic rings. The maximum absolute atomic E-state index is 5.77. The predicted octanol–water partition coefficient (Wildman–Crippen LogP) is 4.45. The molecule has 2 aromatic heterocycles. The van der Waals surface area contributed by atoms with E-state index in [0.717, 1.165) is 23.4 Å². The molecular weight excluding hydrogens is 224 g/mol. The van der Waals surface area contributed by atoms with Crippen LogP contribution in [-0.4, -0.2) is 9.97 Å². The van der Waals surface area contributed by atoms with Gasteiger partial charge in [-0.25, -0.2) is 4.98 Å². The van der Waals surface area contributed by atoms with Crippen molar-refractivity contribution >= 4 is 0 Å². The zero-order valence-electron chi connectivity index (χ0n) is 11.9. The summed E-state index contributed by atoms with van der Waals surface area (Å²) in [5.41, 5.74) is 2.05. The van der Waals surface area contributed by atoms with E-state index < -0.39 is 0 Å². The van der Waals surface area contributed by atoms with Crippen molar-refractivity contribution in [1.29, 1.82) is 0 Å². The van der Waals surface area contributed by atoms with Crippen molar-refractivity contribution in [3.63, 3.8) is 0 Å². The van der Waals surface area contributed by atoms with Crippen LogP contribution < -0.4 is 0 Å². The van der Waals surface area contributed by atoms with Crippen molar-refractivity contribution in [2.75, 3.05) is 0 Å². The topological polar surface area (TPSA) is 38.9 Å². The lowest BCUT2D eigenvalue weighted by atomic mass is 10.1. The van der Waals surface area contributed by atoms with Crippen molar-refractivity contribution in [2.24, 2.45) is 0 Å². The molecule has 18 heavy (non-hydrogen) atoms. The molecule has 0 spiro atoms. The van der Waals surface area contributed by atoms with Gasteiger partial charge < -0.3 is 4.42 Å². The summed E-state index contributed by atoms with van der Waals surface area (Å²) in [6.45, 7) is 10.4. The summed E-state index contributed by atoms with van der Waals surface area (Å²) in [5, 5.41) is 0. The van der Waals surface area contributed by atoms with E-state index >= 15 is 0 Å². The summed E-state index contributed by atoms with van der Waals surface area (Å²) in [5.74, 6) is 2.08. The maximum Gasteiger partial charge on any atom is 0.226 e. The van der Waals surface area contributed by atoms with Gasteiger partial charge in [-0.1, -0.05) is 34.6 Å². The van der Waals surface area contributed by atoms with Crippen LogP contribution in [0, 0.1) is 0 Å². The van der Waals surface area contributed by atoms with E-state index in [2.05, 4.69) is 30.7 Å². The largest absolute Gasteiger partial charge is 0.441 e. The molecule has 3 heteroatoms. The second kappa shape index (κ2) is 6.94. The highest BCUT2D eigenvalue weighted by atomic mass is 16.4. The van der Waals surface area contributed by atoms with Gasteiger partial charge in [0.25, 0.3) is 0 Å². The van der Waals surface area contributed by atoms with Crippen molar-refractivity contribution < 1.29 is 4.42 Å². The van der Waals surface area contributed by atoms with E-state index in [1.807, 2.05) is 26.0 Å². The summed E-state index contributed by atoms with van der Waals surface area (Å²) in [6, 6.07) is 3.82. The quantitative estimate of drug-likeness (QED) is 0.803. The Balaban J connectivity index is 0.000000771. The lowest BCUT2D eigenvalue weighted by molar-refractivity contribution is 0.518. The predicted molar refractivity (Wildman–Crippen MR) is 74.5 cm³/mol. The molecule has 0 aliphatic carbocycles. The molecule has 0 radical (unpaired) electrons. The number of aromatic nitrogens is 2.